The molecule has 31 valence electrons. The monoisotopic (exact) mass is 162 g/mol. The minimum Gasteiger partial charge on any atom is -0.237 e. The van der Waals surface area contributed by atoms with Crippen LogP contribution in [0.15, 0.2) is 10.1 Å². The Morgan fingerprint density at radius 1 is 2.00 bits per heavy atom. The van der Waals surface area contributed by atoms with Crippen LogP contribution in [0, 0.1) is 5.38 Å². The maximum atomic E-state index is 3.80. The summed E-state index contributed by atoms with van der Waals surface area (Å²) in [4.78, 5) is 3.80. The largest absolute Gasteiger partial charge is 0.237 e. The van der Waals surface area contributed by atoms with Crippen molar-refractivity contribution in [3.8, 4) is 0 Å². The third-order valence-corrected chi connectivity index (χ3v) is 1.55. The van der Waals surface area contributed by atoms with E-state index in [1.54, 1.807) is 5.51 Å². The van der Waals surface area contributed by atoms with Crippen LogP contribution in [-0.2, 0) is 0 Å². The van der Waals surface area contributed by atoms with Gasteiger partial charge < -0.3 is 0 Å². The number of hydrogen-bond donors (Lipinski definition) is 0. The molecule has 0 fully saturated rings. The van der Waals surface area contributed by atoms with Gasteiger partial charge >= 0.3 is 0 Å². The average Bonchev–Trinajstić information content (AvgIpc) is 1.86. The molecule has 1 rings (SSSR count). The van der Waals surface area contributed by atoms with E-state index in [9.17, 15) is 0 Å². The molecule has 0 unspecified atom stereocenters. The van der Waals surface area contributed by atoms with Crippen LogP contribution in [0.4, 0.5) is 0 Å². The second-order valence-corrected chi connectivity index (χ2v) is 2.15. The van der Waals surface area contributed by atoms with E-state index in [4.69, 9.17) is 0 Å². The van der Waals surface area contributed by atoms with Gasteiger partial charge in [0.05, 0.1) is 10.9 Å². The van der Waals surface area contributed by atoms with Gasteiger partial charge in [-0.1, -0.05) is 0 Å². The summed E-state index contributed by atoms with van der Waals surface area (Å²) in [7, 11) is 0. The third-order valence-electron chi connectivity index (χ3n) is 0.362. The molecule has 0 aliphatic carbocycles. The molecule has 1 aromatic heterocycles. The minimum absolute atomic E-state index is 0.799. The molecular weight excluding hydrogens is 162 g/mol. The van der Waals surface area contributed by atoms with E-state index < -0.39 is 0 Å². The van der Waals surface area contributed by atoms with Gasteiger partial charge in [-0.05, 0) is 15.9 Å². The summed E-state index contributed by atoms with van der Waals surface area (Å²) >= 11 is 4.58. The molecule has 0 aliphatic heterocycles. The Labute approximate surface area is 48.2 Å². The van der Waals surface area contributed by atoms with E-state index in [-0.39, 0.29) is 0 Å². The van der Waals surface area contributed by atoms with Crippen molar-refractivity contribution < 1.29 is 0 Å². The molecule has 0 saturated carbocycles. The molecule has 0 saturated heterocycles. The van der Waals surface area contributed by atoms with Crippen molar-refractivity contribution in [1.29, 1.82) is 0 Å². The molecule has 0 N–H and O–H groups in total. The molecular formula is C3HBrNS. The van der Waals surface area contributed by atoms with Crippen LogP contribution in [0.2, 0.25) is 0 Å². The van der Waals surface area contributed by atoms with Crippen LogP contribution in [0.1, 0.15) is 0 Å². The van der Waals surface area contributed by atoms with Crippen molar-refractivity contribution in [2.45, 2.75) is 0 Å². The molecule has 0 aliphatic rings. The van der Waals surface area contributed by atoms with Crippen LogP contribution in [0.3, 0.4) is 0 Å². The zero-order valence-electron chi connectivity index (χ0n) is 2.81. The fourth-order valence-corrected chi connectivity index (χ4v) is 1.05. The first-order chi connectivity index (χ1) is 2.89. The average molecular weight is 163 g/mol. The number of nitrogens with zero attached hydrogens (tertiary/aromatic N) is 1. The molecule has 1 radical (unpaired) electrons. The van der Waals surface area contributed by atoms with Crippen LogP contribution in [0.25, 0.3) is 0 Å². The van der Waals surface area contributed by atoms with Crippen molar-refractivity contribution in [2.24, 2.45) is 0 Å². The minimum atomic E-state index is 0.799. The molecule has 0 spiro atoms. The molecule has 0 atom stereocenters. The smallest absolute Gasteiger partial charge is 0.125 e. The van der Waals surface area contributed by atoms with Crippen LogP contribution in [0.5, 0.6) is 0 Å². The molecule has 0 amide bonds. The lowest BCUT2D eigenvalue weighted by molar-refractivity contribution is 1.36. The topological polar surface area (TPSA) is 12.9 Å². The van der Waals surface area contributed by atoms with Gasteiger partial charge in [0.15, 0.2) is 0 Å². The molecule has 3 heteroatoms. The number of halogens is 1. The Morgan fingerprint density at radius 3 is 3.00 bits per heavy atom. The lowest BCUT2D eigenvalue weighted by Gasteiger charge is -1.60. The molecule has 1 nitrogen and oxygen atoms in total. The third kappa shape index (κ3) is 0.786. The summed E-state index contributed by atoms with van der Waals surface area (Å²) in [6, 6.07) is 0. The van der Waals surface area contributed by atoms with Gasteiger partial charge in [-0.15, -0.1) is 11.3 Å². The summed E-state index contributed by atoms with van der Waals surface area (Å²) < 4.78 is 0.799. The summed E-state index contributed by atoms with van der Waals surface area (Å²) in [5.41, 5.74) is 1.73. The maximum Gasteiger partial charge on any atom is 0.125 e. The highest BCUT2D eigenvalue weighted by molar-refractivity contribution is 9.10. The number of thiazole rings is 1. The quantitative estimate of drug-likeness (QED) is 0.567. The normalized spacial score (nSPS) is 8.83. The van der Waals surface area contributed by atoms with Crippen molar-refractivity contribution >= 4 is 27.3 Å². The van der Waals surface area contributed by atoms with Crippen LogP contribution >= 0.6 is 27.3 Å². The molecule has 0 bridgehead atoms. The van der Waals surface area contributed by atoms with E-state index in [2.05, 4.69) is 26.3 Å². The Bertz CT molecular complexity index is 114. The first-order valence-electron chi connectivity index (χ1n) is 1.36. The first kappa shape index (κ1) is 4.27. The summed E-state index contributed by atoms with van der Waals surface area (Å²) in [5, 5.41) is 2.85. The number of aromatic nitrogens is 1. The summed E-state index contributed by atoms with van der Waals surface area (Å²) in [6.07, 6.45) is 0. The van der Waals surface area contributed by atoms with Gasteiger partial charge in [0.2, 0.25) is 0 Å². The zero-order chi connectivity index (χ0) is 4.41. The standard InChI is InChI=1S/C3HBrNS/c4-3-1-6-2-5-3/h2H. The Balaban J connectivity index is 3.05. The zero-order valence-corrected chi connectivity index (χ0v) is 5.21. The highest BCUT2D eigenvalue weighted by Crippen LogP contribution is 2.05. The van der Waals surface area contributed by atoms with Gasteiger partial charge in [0.1, 0.15) is 4.60 Å². The fourth-order valence-electron chi connectivity index (χ4n) is 0.174. The van der Waals surface area contributed by atoms with E-state index in [0.29, 0.717) is 0 Å². The van der Waals surface area contributed by atoms with Gasteiger partial charge in [-0.25, -0.2) is 4.98 Å². The van der Waals surface area contributed by atoms with Crippen molar-refractivity contribution in [3.63, 3.8) is 0 Å². The lowest BCUT2D eigenvalue weighted by atomic mass is 11.0. The second-order valence-electron chi connectivity index (χ2n) is 0.745. The predicted octanol–water partition coefficient (Wildman–Crippen LogP) is 1.71. The Hall–Kier alpha value is 0.110. The lowest BCUT2D eigenvalue weighted by Crippen LogP contribution is -1.50. The first-order valence-corrected chi connectivity index (χ1v) is 3.03. The van der Waals surface area contributed by atoms with Crippen molar-refractivity contribution in [3.05, 3.63) is 15.5 Å². The summed E-state index contributed by atoms with van der Waals surface area (Å²) in [6.45, 7) is 0. The molecule has 1 aromatic rings. The van der Waals surface area contributed by atoms with Crippen molar-refractivity contribution in [1.82, 2.24) is 4.98 Å². The highest BCUT2D eigenvalue weighted by atomic mass is 79.9. The Morgan fingerprint density at radius 2 is 2.83 bits per heavy atom. The SMILES string of the molecule is Brc1[c]scn1. The second kappa shape index (κ2) is 1.71. The van der Waals surface area contributed by atoms with Gasteiger partial charge in [-0.3, -0.25) is 0 Å². The van der Waals surface area contributed by atoms with Crippen LogP contribution in [-0.4, -0.2) is 4.98 Å². The fraction of sp³-hybridized carbons (Fsp3) is 0. The Kier molecular flexibility index (Phi) is 1.22. The molecule has 1 heterocycles. The molecule has 0 aromatic carbocycles. The maximum absolute atomic E-state index is 3.80. The number of rotatable bonds is 0. The van der Waals surface area contributed by atoms with E-state index in [1.807, 2.05) is 0 Å². The van der Waals surface area contributed by atoms with Gasteiger partial charge in [-0.2, -0.15) is 0 Å². The summed E-state index contributed by atoms with van der Waals surface area (Å²) in [5.74, 6) is 0. The van der Waals surface area contributed by atoms with Gasteiger partial charge in [0, 0.05) is 0 Å². The van der Waals surface area contributed by atoms with Crippen LogP contribution < -0.4 is 0 Å². The predicted molar refractivity (Wildman–Crippen MR) is 28.7 cm³/mol. The van der Waals surface area contributed by atoms with Gasteiger partial charge in [0.25, 0.3) is 0 Å². The highest BCUT2D eigenvalue weighted by Gasteiger charge is 1.80. The van der Waals surface area contributed by atoms with Crippen molar-refractivity contribution in [2.75, 3.05) is 0 Å². The van der Waals surface area contributed by atoms with E-state index in [0.717, 1.165) is 4.60 Å². The molecule has 6 heavy (non-hydrogen) atoms. The van der Waals surface area contributed by atoms with E-state index >= 15 is 0 Å². The van der Waals surface area contributed by atoms with E-state index in [1.165, 1.54) is 11.3 Å². The number of hydrogen-bond acceptors (Lipinski definition) is 2.